The molecule has 0 atom stereocenters. The Kier molecular flexibility index (Phi) is 4.11. The maximum Gasteiger partial charge on any atom is 0.229 e. The van der Waals surface area contributed by atoms with Gasteiger partial charge in [0, 0.05) is 0 Å². The van der Waals surface area contributed by atoms with Crippen LogP contribution in [0.1, 0.15) is 18.1 Å². The second-order valence-electron chi connectivity index (χ2n) is 5.53. The van der Waals surface area contributed by atoms with Crippen LogP contribution in [0.15, 0.2) is 58.5 Å². The van der Waals surface area contributed by atoms with Gasteiger partial charge < -0.3 is 5.73 Å². The second kappa shape index (κ2) is 6.09. The molecule has 2 aromatic carbocycles. The summed E-state index contributed by atoms with van der Waals surface area (Å²) in [6.07, 6.45) is 0.917. The lowest BCUT2D eigenvalue weighted by molar-refractivity contribution is 0.592. The van der Waals surface area contributed by atoms with Crippen molar-refractivity contribution in [3.63, 3.8) is 0 Å². The molecule has 0 saturated carbocycles. The Bertz CT molecular complexity index is 959. The number of nitrogens with zero attached hydrogens (tertiary/aromatic N) is 3. The SMILES string of the molecule is CCc1ccc(-n2nnc(S(=O)(=O)c3ccc(C)cc3)c2N)cc1. The molecule has 1 aromatic heterocycles. The summed E-state index contributed by atoms with van der Waals surface area (Å²) in [7, 11) is -3.81. The highest BCUT2D eigenvalue weighted by Gasteiger charge is 2.26. The number of benzene rings is 2. The van der Waals surface area contributed by atoms with E-state index < -0.39 is 9.84 Å². The summed E-state index contributed by atoms with van der Waals surface area (Å²) in [6, 6.07) is 14.1. The van der Waals surface area contributed by atoms with Gasteiger partial charge in [0.1, 0.15) is 0 Å². The standard InChI is InChI=1S/C17H18N4O2S/c1-3-13-6-8-14(9-7-13)21-16(18)17(19-20-21)24(22,23)15-10-4-12(2)5-11-15/h4-11H,3,18H2,1-2H3. The van der Waals surface area contributed by atoms with Crippen molar-refractivity contribution in [2.45, 2.75) is 30.2 Å². The van der Waals surface area contributed by atoms with E-state index >= 15 is 0 Å². The number of anilines is 1. The first-order valence-electron chi connectivity index (χ1n) is 7.55. The molecule has 1 heterocycles. The molecule has 0 aliphatic carbocycles. The van der Waals surface area contributed by atoms with Crippen LogP contribution in [-0.2, 0) is 16.3 Å². The summed E-state index contributed by atoms with van der Waals surface area (Å²) in [4.78, 5) is 0.146. The first-order chi connectivity index (χ1) is 11.4. The van der Waals surface area contributed by atoms with Crippen molar-refractivity contribution in [3.8, 4) is 5.69 Å². The van der Waals surface area contributed by atoms with Crippen LogP contribution in [0.25, 0.3) is 5.69 Å². The van der Waals surface area contributed by atoms with Gasteiger partial charge in [-0.05, 0) is 43.2 Å². The number of nitrogen functional groups attached to an aromatic ring is 1. The summed E-state index contributed by atoms with van der Waals surface area (Å²) >= 11 is 0. The summed E-state index contributed by atoms with van der Waals surface area (Å²) in [5.41, 5.74) is 8.83. The molecule has 0 radical (unpaired) electrons. The van der Waals surface area contributed by atoms with Gasteiger partial charge in [-0.2, -0.15) is 4.68 Å². The molecule has 124 valence electrons. The Morgan fingerprint density at radius 1 is 1.04 bits per heavy atom. The Hall–Kier alpha value is -2.67. The number of aryl methyl sites for hydroxylation is 2. The van der Waals surface area contributed by atoms with Crippen LogP contribution in [0.3, 0.4) is 0 Å². The van der Waals surface area contributed by atoms with Gasteiger partial charge >= 0.3 is 0 Å². The van der Waals surface area contributed by atoms with E-state index in [0.29, 0.717) is 5.69 Å². The fourth-order valence-corrected chi connectivity index (χ4v) is 3.58. The highest BCUT2D eigenvalue weighted by Crippen LogP contribution is 2.25. The molecule has 0 bridgehead atoms. The Labute approximate surface area is 140 Å². The van der Waals surface area contributed by atoms with Crippen molar-refractivity contribution in [3.05, 3.63) is 59.7 Å². The van der Waals surface area contributed by atoms with E-state index in [1.807, 2.05) is 31.2 Å². The zero-order valence-electron chi connectivity index (χ0n) is 13.5. The first kappa shape index (κ1) is 16.2. The molecule has 0 amide bonds. The fourth-order valence-electron chi connectivity index (χ4n) is 2.36. The minimum Gasteiger partial charge on any atom is -0.381 e. The fraction of sp³-hybridized carbons (Fsp3) is 0.176. The minimum atomic E-state index is -3.81. The number of aromatic nitrogens is 3. The molecule has 3 aromatic rings. The Balaban J connectivity index is 2.04. The molecule has 3 rings (SSSR count). The summed E-state index contributed by atoms with van der Waals surface area (Å²) < 4.78 is 26.8. The molecule has 0 fully saturated rings. The molecule has 24 heavy (non-hydrogen) atoms. The van der Waals surface area contributed by atoms with Gasteiger partial charge in [0.2, 0.25) is 14.9 Å². The van der Waals surface area contributed by atoms with Crippen LogP contribution >= 0.6 is 0 Å². The third-order valence-electron chi connectivity index (χ3n) is 3.85. The van der Waals surface area contributed by atoms with Crippen LogP contribution < -0.4 is 5.73 Å². The van der Waals surface area contributed by atoms with E-state index in [-0.39, 0.29) is 15.7 Å². The van der Waals surface area contributed by atoms with Gasteiger partial charge in [-0.1, -0.05) is 42.0 Å². The van der Waals surface area contributed by atoms with Crippen molar-refractivity contribution in [1.82, 2.24) is 15.0 Å². The predicted molar refractivity (Wildman–Crippen MR) is 91.8 cm³/mol. The lowest BCUT2D eigenvalue weighted by Gasteiger charge is -2.05. The van der Waals surface area contributed by atoms with Gasteiger partial charge in [-0.3, -0.25) is 0 Å². The number of rotatable bonds is 4. The van der Waals surface area contributed by atoms with E-state index in [1.165, 1.54) is 10.2 Å². The van der Waals surface area contributed by atoms with Gasteiger partial charge in [0.25, 0.3) is 0 Å². The molecule has 0 unspecified atom stereocenters. The third-order valence-corrected chi connectivity index (χ3v) is 5.54. The van der Waals surface area contributed by atoms with Crippen molar-refractivity contribution < 1.29 is 8.42 Å². The number of hydrogen-bond donors (Lipinski definition) is 1. The van der Waals surface area contributed by atoms with Crippen molar-refractivity contribution in [2.24, 2.45) is 0 Å². The summed E-state index contributed by atoms with van der Waals surface area (Å²) in [5.74, 6) is -0.000163. The lowest BCUT2D eigenvalue weighted by atomic mass is 10.1. The number of hydrogen-bond acceptors (Lipinski definition) is 5. The van der Waals surface area contributed by atoms with E-state index in [1.54, 1.807) is 24.3 Å². The Morgan fingerprint density at radius 3 is 2.25 bits per heavy atom. The second-order valence-corrected chi connectivity index (χ2v) is 7.39. The van der Waals surface area contributed by atoms with Crippen LogP contribution in [0, 0.1) is 6.92 Å². The van der Waals surface area contributed by atoms with Crippen LogP contribution in [0.5, 0.6) is 0 Å². The van der Waals surface area contributed by atoms with Crippen LogP contribution in [0.4, 0.5) is 5.82 Å². The highest BCUT2D eigenvalue weighted by atomic mass is 32.2. The van der Waals surface area contributed by atoms with E-state index in [2.05, 4.69) is 17.2 Å². The quantitative estimate of drug-likeness (QED) is 0.787. The zero-order chi connectivity index (χ0) is 17.3. The van der Waals surface area contributed by atoms with Crippen LogP contribution in [-0.4, -0.2) is 23.4 Å². The molecule has 2 N–H and O–H groups in total. The van der Waals surface area contributed by atoms with Gasteiger partial charge in [-0.15, -0.1) is 5.10 Å². The third kappa shape index (κ3) is 2.78. The monoisotopic (exact) mass is 342 g/mol. The maximum absolute atomic E-state index is 12.7. The molecule has 6 nitrogen and oxygen atoms in total. The molecular weight excluding hydrogens is 324 g/mol. The molecule has 0 aliphatic rings. The average molecular weight is 342 g/mol. The molecule has 0 spiro atoms. The molecule has 7 heteroatoms. The predicted octanol–water partition coefficient (Wildman–Crippen LogP) is 2.55. The van der Waals surface area contributed by atoms with Gasteiger partial charge in [-0.25, -0.2) is 8.42 Å². The largest absolute Gasteiger partial charge is 0.381 e. The average Bonchev–Trinajstić information content (AvgIpc) is 2.97. The lowest BCUT2D eigenvalue weighted by Crippen LogP contribution is -2.08. The number of sulfone groups is 1. The van der Waals surface area contributed by atoms with Crippen molar-refractivity contribution >= 4 is 15.7 Å². The van der Waals surface area contributed by atoms with Crippen LogP contribution in [0.2, 0.25) is 0 Å². The highest BCUT2D eigenvalue weighted by molar-refractivity contribution is 7.91. The van der Waals surface area contributed by atoms with E-state index in [0.717, 1.165) is 12.0 Å². The normalized spacial score (nSPS) is 11.6. The van der Waals surface area contributed by atoms with Crippen molar-refractivity contribution in [2.75, 3.05) is 5.73 Å². The van der Waals surface area contributed by atoms with E-state index in [4.69, 9.17) is 5.73 Å². The summed E-state index contributed by atoms with van der Waals surface area (Å²) in [6.45, 7) is 3.95. The van der Waals surface area contributed by atoms with E-state index in [9.17, 15) is 8.42 Å². The number of nitrogens with two attached hydrogens (primary N) is 1. The smallest absolute Gasteiger partial charge is 0.229 e. The Morgan fingerprint density at radius 2 is 1.67 bits per heavy atom. The maximum atomic E-state index is 12.7. The molecular formula is C17H18N4O2S. The van der Waals surface area contributed by atoms with Gasteiger partial charge in [0.05, 0.1) is 10.6 Å². The van der Waals surface area contributed by atoms with Crippen molar-refractivity contribution in [1.29, 1.82) is 0 Å². The summed E-state index contributed by atoms with van der Waals surface area (Å²) in [5, 5.41) is 7.49. The molecule has 0 saturated heterocycles. The topological polar surface area (TPSA) is 90.9 Å². The first-order valence-corrected chi connectivity index (χ1v) is 9.04. The minimum absolute atomic E-state index is 0.000163. The van der Waals surface area contributed by atoms with Gasteiger partial charge in [0.15, 0.2) is 5.82 Å². The zero-order valence-corrected chi connectivity index (χ0v) is 14.3. The molecule has 0 aliphatic heterocycles.